The molecule has 1 aliphatic heterocycles. The van der Waals surface area contributed by atoms with Gasteiger partial charge in [0, 0.05) is 18.4 Å². The molecule has 5 nitrogen and oxygen atoms in total. The largest absolute Gasteiger partial charge is 0.377 e. The molecule has 96 valence electrons. The Labute approximate surface area is 106 Å². The number of aromatic nitrogens is 3. The second kappa shape index (κ2) is 5.84. The van der Waals surface area contributed by atoms with Gasteiger partial charge in [-0.05, 0) is 26.7 Å². The zero-order valence-electron chi connectivity index (χ0n) is 10.4. The molecule has 2 N–H and O–H groups in total. The van der Waals surface area contributed by atoms with Crippen molar-refractivity contribution >= 4 is 11.8 Å². The second-order valence-corrected chi connectivity index (χ2v) is 5.50. The van der Waals surface area contributed by atoms with Gasteiger partial charge in [0.2, 0.25) is 0 Å². The molecule has 1 aromatic rings. The molecule has 1 aliphatic rings. The van der Waals surface area contributed by atoms with Crippen LogP contribution in [0.3, 0.4) is 0 Å². The molecule has 0 aliphatic carbocycles. The highest BCUT2D eigenvalue weighted by Gasteiger charge is 2.19. The van der Waals surface area contributed by atoms with Gasteiger partial charge in [0.15, 0.2) is 5.16 Å². The van der Waals surface area contributed by atoms with Crippen LogP contribution in [0.15, 0.2) is 5.16 Å². The van der Waals surface area contributed by atoms with E-state index in [9.17, 15) is 0 Å². The molecule has 6 heteroatoms. The van der Waals surface area contributed by atoms with E-state index in [0.717, 1.165) is 29.8 Å². The van der Waals surface area contributed by atoms with E-state index in [1.54, 1.807) is 11.8 Å². The normalized spacial score (nSPS) is 20.4. The minimum Gasteiger partial charge on any atom is -0.377 e. The first-order chi connectivity index (χ1) is 8.22. The molecule has 0 bridgehead atoms. The third-order valence-electron chi connectivity index (χ3n) is 2.86. The van der Waals surface area contributed by atoms with Gasteiger partial charge in [-0.1, -0.05) is 11.8 Å². The zero-order valence-corrected chi connectivity index (χ0v) is 11.2. The van der Waals surface area contributed by atoms with Crippen molar-refractivity contribution in [3.8, 4) is 0 Å². The van der Waals surface area contributed by atoms with Gasteiger partial charge < -0.3 is 15.0 Å². The lowest BCUT2D eigenvalue weighted by molar-refractivity contribution is 0.129. The van der Waals surface area contributed by atoms with Crippen molar-refractivity contribution < 1.29 is 4.74 Å². The summed E-state index contributed by atoms with van der Waals surface area (Å²) in [4.78, 5) is 0. The lowest BCUT2D eigenvalue weighted by Gasteiger charge is -2.14. The topological polar surface area (TPSA) is 66.0 Å². The molecule has 1 unspecified atom stereocenters. The Hall–Kier alpha value is -0.590. The number of nitrogens with zero attached hydrogens (tertiary/aromatic N) is 3. The highest BCUT2D eigenvalue weighted by Crippen LogP contribution is 2.25. The average Bonchev–Trinajstić information content (AvgIpc) is 2.95. The second-order valence-electron chi connectivity index (χ2n) is 4.51. The first-order valence-electron chi connectivity index (χ1n) is 6.10. The number of nitrogens with two attached hydrogens (primary N) is 1. The summed E-state index contributed by atoms with van der Waals surface area (Å²) in [6.45, 7) is 5.58. The highest BCUT2D eigenvalue weighted by molar-refractivity contribution is 7.99. The minimum absolute atomic E-state index is 0.343. The number of hydrogen-bond donors (Lipinski definition) is 1. The SMILES string of the molecule is CC(C)n1c(CN)nnc1SCC1CCCO1. The summed E-state index contributed by atoms with van der Waals surface area (Å²) in [5.41, 5.74) is 5.66. The molecule has 0 aromatic carbocycles. The fourth-order valence-electron chi connectivity index (χ4n) is 2.01. The third kappa shape index (κ3) is 3.00. The fourth-order valence-corrected chi connectivity index (χ4v) is 3.16. The van der Waals surface area contributed by atoms with Gasteiger partial charge in [0.05, 0.1) is 12.6 Å². The van der Waals surface area contributed by atoms with Gasteiger partial charge in [0.1, 0.15) is 5.82 Å². The standard InChI is InChI=1S/C11H20N4OS/c1-8(2)15-10(6-12)13-14-11(15)17-7-9-4-3-5-16-9/h8-9H,3-7,12H2,1-2H3. The van der Waals surface area contributed by atoms with Crippen LogP contribution < -0.4 is 5.73 Å². The van der Waals surface area contributed by atoms with E-state index < -0.39 is 0 Å². The summed E-state index contributed by atoms with van der Waals surface area (Å²) in [5, 5.41) is 9.29. The molecular formula is C11H20N4OS. The van der Waals surface area contributed by atoms with E-state index in [1.165, 1.54) is 6.42 Å². The van der Waals surface area contributed by atoms with Gasteiger partial charge >= 0.3 is 0 Å². The van der Waals surface area contributed by atoms with Crippen molar-refractivity contribution in [2.24, 2.45) is 5.73 Å². The number of thioether (sulfide) groups is 1. The monoisotopic (exact) mass is 256 g/mol. The van der Waals surface area contributed by atoms with Crippen molar-refractivity contribution in [1.29, 1.82) is 0 Å². The zero-order chi connectivity index (χ0) is 12.3. The number of hydrogen-bond acceptors (Lipinski definition) is 5. The Bertz CT molecular complexity index is 360. The van der Waals surface area contributed by atoms with Crippen molar-refractivity contribution in [3.05, 3.63) is 5.82 Å². The summed E-state index contributed by atoms with van der Waals surface area (Å²) in [5.74, 6) is 1.81. The number of ether oxygens (including phenoxy) is 1. The molecule has 2 heterocycles. The van der Waals surface area contributed by atoms with Crippen LogP contribution in [0.25, 0.3) is 0 Å². The molecule has 0 saturated carbocycles. The van der Waals surface area contributed by atoms with E-state index in [-0.39, 0.29) is 0 Å². The van der Waals surface area contributed by atoms with Gasteiger partial charge in [-0.2, -0.15) is 0 Å². The maximum absolute atomic E-state index is 5.66. The van der Waals surface area contributed by atoms with Gasteiger partial charge in [-0.25, -0.2) is 0 Å². The lowest BCUT2D eigenvalue weighted by atomic mass is 10.3. The van der Waals surface area contributed by atoms with E-state index in [2.05, 4.69) is 28.6 Å². The Balaban J connectivity index is 2.01. The summed E-state index contributed by atoms with van der Waals surface area (Å²) in [7, 11) is 0. The lowest BCUT2D eigenvalue weighted by Crippen LogP contribution is -2.13. The predicted octanol–water partition coefficient (Wildman–Crippen LogP) is 1.59. The molecule has 0 amide bonds. The van der Waals surface area contributed by atoms with Crippen molar-refractivity contribution in [3.63, 3.8) is 0 Å². The van der Waals surface area contributed by atoms with Crippen LogP contribution in [0.2, 0.25) is 0 Å². The van der Waals surface area contributed by atoms with Crippen LogP contribution in [0, 0.1) is 0 Å². The quantitative estimate of drug-likeness (QED) is 0.810. The summed E-state index contributed by atoms with van der Waals surface area (Å²) < 4.78 is 7.72. The van der Waals surface area contributed by atoms with Crippen molar-refractivity contribution in [2.45, 2.75) is 50.5 Å². The Morgan fingerprint density at radius 3 is 2.94 bits per heavy atom. The fraction of sp³-hybridized carbons (Fsp3) is 0.818. The average molecular weight is 256 g/mol. The molecule has 0 spiro atoms. The maximum atomic E-state index is 5.66. The van der Waals surface area contributed by atoms with Crippen LogP contribution in [0.5, 0.6) is 0 Å². The Kier molecular flexibility index (Phi) is 4.42. The van der Waals surface area contributed by atoms with Crippen LogP contribution in [-0.4, -0.2) is 33.2 Å². The molecule has 1 aromatic heterocycles. The van der Waals surface area contributed by atoms with Crippen LogP contribution in [0.4, 0.5) is 0 Å². The van der Waals surface area contributed by atoms with Gasteiger partial charge in [-0.15, -0.1) is 10.2 Å². The summed E-state index contributed by atoms with van der Waals surface area (Å²) >= 11 is 1.72. The molecule has 1 atom stereocenters. The van der Waals surface area contributed by atoms with Gasteiger partial charge in [0.25, 0.3) is 0 Å². The Morgan fingerprint density at radius 2 is 2.35 bits per heavy atom. The van der Waals surface area contributed by atoms with Crippen molar-refractivity contribution in [1.82, 2.24) is 14.8 Å². The molecule has 1 fully saturated rings. The first-order valence-corrected chi connectivity index (χ1v) is 7.09. The summed E-state index contributed by atoms with van der Waals surface area (Å²) in [6, 6.07) is 0.343. The third-order valence-corrected chi connectivity index (χ3v) is 3.93. The first kappa shape index (κ1) is 12.9. The van der Waals surface area contributed by atoms with E-state index in [0.29, 0.717) is 18.7 Å². The van der Waals surface area contributed by atoms with E-state index in [4.69, 9.17) is 10.5 Å². The highest BCUT2D eigenvalue weighted by atomic mass is 32.2. The van der Waals surface area contributed by atoms with E-state index >= 15 is 0 Å². The molecule has 2 rings (SSSR count). The molecular weight excluding hydrogens is 236 g/mol. The number of rotatable bonds is 5. The van der Waals surface area contributed by atoms with Crippen molar-refractivity contribution in [2.75, 3.05) is 12.4 Å². The Morgan fingerprint density at radius 1 is 1.53 bits per heavy atom. The van der Waals surface area contributed by atoms with Crippen LogP contribution in [-0.2, 0) is 11.3 Å². The predicted molar refractivity (Wildman–Crippen MR) is 68.0 cm³/mol. The smallest absolute Gasteiger partial charge is 0.191 e. The maximum Gasteiger partial charge on any atom is 0.191 e. The minimum atomic E-state index is 0.343. The summed E-state index contributed by atoms with van der Waals surface area (Å²) in [6.07, 6.45) is 2.71. The van der Waals surface area contributed by atoms with E-state index in [1.807, 2.05) is 0 Å². The van der Waals surface area contributed by atoms with Crippen LogP contribution in [0.1, 0.15) is 38.6 Å². The molecule has 17 heavy (non-hydrogen) atoms. The van der Waals surface area contributed by atoms with Crippen LogP contribution >= 0.6 is 11.8 Å². The van der Waals surface area contributed by atoms with Gasteiger partial charge in [-0.3, -0.25) is 0 Å². The molecule has 0 radical (unpaired) electrons. The molecule has 1 saturated heterocycles.